The average molecular weight is 433 g/mol. The van der Waals surface area contributed by atoms with E-state index in [0.29, 0.717) is 12.2 Å². The van der Waals surface area contributed by atoms with E-state index in [-0.39, 0.29) is 12.0 Å². The first-order chi connectivity index (χ1) is 15.8. The summed E-state index contributed by atoms with van der Waals surface area (Å²) in [5.41, 5.74) is 2.34. The fourth-order valence-electron chi connectivity index (χ4n) is 4.27. The highest BCUT2D eigenvalue weighted by Gasteiger charge is 2.17. The number of benzene rings is 2. The number of nitrogens with zero attached hydrogens (tertiary/aromatic N) is 3. The number of nitrogens with one attached hydrogen (secondary N) is 1. The topological polar surface area (TPSA) is 78.3 Å². The Kier molecular flexibility index (Phi) is 6.16. The van der Waals surface area contributed by atoms with E-state index in [4.69, 9.17) is 9.47 Å². The lowest BCUT2D eigenvalue weighted by Gasteiger charge is -2.12. The van der Waals surface area contributed by atoms with Gasteiger partial charge in [0.15, 0.2) is 5.82 Å². The van der Waals surface area contributed by atoms with Crippen LogP contribution in [0.2, 0.25) is 0 Å². The van der Waals surface area contributed by atoms with Crippen molar-refractivity contribution in [1.82, 2.24) is 14.8 Å². The number of ether oxygens (including phenoxy) is 2. The molecule has 0 saturated carbocycles. The lowest BCUT2D eigenvalue weighted by molar-refractivity contribution is 0.0679. The van der Waals surface area contributed by atoms with Gasteiger partial charge in [0.2, 0.25) is 0 Å². The molecule has 1 amide bonds. The molecule has 0 aliphatic carbocycles. The van der Waals surface area contributed by atoms with Gasteiger partial charge >= 0.3 is 0 Å². The zero-order valence-corrected chi connectivity index (χ0v) is 18.1. The van der Waals surface area contributed by atoms with Crippen molar-refractivity contribution in [3.05, 3.63) is 59.9 Å². The maximum Gasteiger partial charge on any atom is 0.255 e. The standard InChI is InChI=1S/C25H28N4O3/c30-25(19-9-13-21(14-10-19)32-17-22-5-4-16-31-22)26-20-11-7-18(8-12-20)24-28-27-23-6-2-1-3-15-29(23)24/h7-14,22H,1-6,15-17H2,(H,26,30)/t22-/m1/s1. The van der Waals surface area contributed by atoms with Crippen molar-refractivity contribution in [3.63, 3.8) is 0 Å². The molecule has 7 heteroatoms. The van der Waals surface area contributed by atoms with Crippen LogP contribution in [0.1, 0.15) is 48.3 Å². The van der Waals surface area contributed by atoms with Gasteiger partial charge in [-0.3, -0.25) is 4.79 Å². The number of hydrogen-bond acceptors (Lipinski definition) is 5. The number of aromatic nitrogens is 3. The van der Waals surface area contributed by atoms with Crippen LogP contribution in [0.25, 0.3) is 11.4 Å². The lowest BCUT2D eigenvalue weighted by Crippen LogP contribution is -2.16. The molecule has 1 saturated heterocycles. The molecular formula is C25H28N4O3. The van der Waals surface area contributed by atoms with E-state index in [1.165, 1.54) is 12.8 Å². The normalized spacial score (nSPS) is 18.1. The lowest BCUT2D eigenvalue weighted by atomic mass is 10.1. The van der Waals surface area contributed by atoms with Crippen molar-refractivity contribution in [1.29, 1.82) is 0 Å². The predicted octanol–water partition coefficient (Wildman–Crippen LogP) is 4.48. The third-order valence-electron chi connectivity index (χ3n) is 6.09. The second kappa shape index (κ2) is 9.53. The monoisotopic (exact) mass is 432 g/mol. The summed E-state index contributed by atoms with van der Waals surface area (Å²) < 4.78 is 13.6. The Bertz CT molecular complexity index is 1050. The van der Waals surface area contributed by atoms with Gasteiger partial charge in [-0.1, -0.05) is 6.42 Å². The molecule has 0 radical (unpaired) electrons. The molecule has 166 valence electrons. The van der Waals surface area contributed by atoms with Gasteiger partial charge in [0.25, 0.3) is 5.91 Å². The first-order valence-electron chi connectivity index (χ1n) is 11.4. The summed E-state index contributed by atoms with van der Waals surface area (Å²) >= 11 is 0. The highest BCUT2D eigenvalue weighted by atomic mass is 16.5. The summed E-state index contributed by atoms with van der Waals surface area (Å²) in [6.07, 6.45) is 6.85. The van der Waals surface area contributed by atoms with Crippen LogP contribution in [-0.4, -0.2) is 40.0 Å². The molecule has 1 N–H and O–H groups in total. The van der Waals surface area contributed by atoms with Crippen LogP contribution in [0.5, 0.6) is 5.75 Å². The van der Waals surface area contributed by atoms with Crippen molar-refractivity contribution in [2.24, 2.45) is 0 Å². The minimum atomic E-state index is -0.153. The van der Waals surface area contributed by atoms with Crippen molar-refractivity contribution in [2.45, 2.75) is 51.2 Å². The van der Waals surface area contributed by atoms with Crippen molar-refractivity contribution < 1.29 is 14.3 Å². The third-order valence-corrected chi connectivity index (χ3v) is 6.09. The molecule has 0 spiro atoms. The molecule has 1 aromatic heterocycles. The maximum absolute atomic E-state index is 12.6. The van der Waals surface area contributed by atoms with Crippen LogP contribution in [0.15, 0.2) is 48.5 Å². The summed E-state index contributed by atoms with van der Waals surface area (Å²) in [5, 5.41) is 11.7. The number of carbonyl (C=O) groups excluding carboxylic acids is 1. The highest BCUT2D eigenvalue weighted by molar-refractivity contribution is 6.04. The number of amides is 1. The molecule has 5 rings (SSSR count). The second-order valence-electron chi connectivity index (χ2n) is 8.40. The van der Waals surface area contributed by atoms with E-state index in [2.05, 4.69) is 20.1 Å². The minimum absolute atomic E-state index is 0.153. The van der Waals surface area contributed by atoms with Crippen molar-refractivity contribution >= 4 is 11.6 Å². The summed E-state index contributed by atoms with van der Waals surface area (Å²) in [6, 6.07) is 15.0. The van der Waals surface area contributed by atoms with Gasteiger partial charge in [-0.15, -0.1) is 10.2 Å². The van der Waals surface area contributed by atoms with E-state index in [9.17, 15) is 4.79 Å². The van der Waals surface area contributed by atoms with Gasteiger partial charge in [-0.2, -0.15) is 0 Å². The average Bonchev–Trinajstić information content (AvgIpc) is 3.43. The Morgan fingerprint density at radius 1 is 1.03 bits per heavy atom. The molecule has 2 aliphatic heterocycles. The van der Waals surface area contributed by atoms with E-state index < -0.39 is 0 Å². The summed E-state index contributed by atoms with van der Waals surface area (Å²) in [6.45, 7) is 2.33. The number of fused-ring (bicyclic) bond motifs is 1. The van der Waals surface area contributed by atoms with Gasteiger partial charge in [-0.05, 0) is 74.2 Å². The molecule has 0 unspecified atom stereocenters. The zero-order chi connectivity index (χ0) is 21.8. The van der Waals surface area contributed by atoms with Crippen LogP contribution in [0.3, 0.4) is 0 Å². The highest BCUT2D eigenvalue weighted by Crippen LogP contribution is 2.24. The summed E-state index contributed by atoms with van der Waals surface area (Å²) in [4.78, 5) is 12.6. The molecule has 7 nitrogen and oxygen atoms in total. The van der Waals surface area contributed by atoms with E-state index in [1.807, 2.05) is 36.4 Å². The zero-order valence-electron chi connectivity index (χ0n) is 18.1. The molecule has 1 atom stereocenters. The van der Waals surface area contributed by atoms with Gasteiger partial charge in [-0.25, -0.2) is 0 Å². The molecule has 0 bridgehead atoms. The smallest absolute Gasteiger partial charge is 0.255 e. The molecule has 2 aromatic carbocycles. The van der Waals surface area contributed by atoms with E-state index in [0.717, 1.165) is 67.5 Å². The molecule has 32 heavy (non-hydrogen) atoms. The number of aryl methyl sites for hydroxylation is 1. The largest absolute Gasteiger partial charge is 0.491 e. The molecule has 1 fully saturated rings. The van der Waals surface area contributed by atoms with Crippen LogP contribution in [0.4, 0.5) is 5.69 Å². The van der Waals surface area contributed by atoms with Crippen LogP contribution in [-0.2, 0) is 17.7 Å². The van der Waals surface area contributed by atoms with E-state index in [1.54, 1.807) is 12.1 Å². The Labute approximate surface area is 187 Å². The Balaban J connectivity index is 1.20. The fourth-order valence-corrected chi connectivity index (χ4v) is 4.27. The van der Waals surface area contributed by atoms with Crippen LogP contribution in [0, 0.1) is 0 Å². The number of carbonyl (C=O) groups is 1. The summed E-state index contributed by atoms with van der Waals surface area (Å²) in [7, 11) is 0. The Hall–Kier alpha value is -3.19. The molecule has 2 aliphatic rings. The number of rotatable bonds is 6. The van der Waals surface area contributed by atoms with Gasteiger partial charge < -0.3 is 19.4 Å². The first kappa shape index (κ1) is 20.7. The number of hydrogen-bond donors (Lipinski definition) is 1. The molecule has 3 heterocycles. The fraction of sp³-hybridized carbons (Fsp3) is 0.400. The van der Waals surface area contributed by atoms with Crippen LogP contribution >= 0.6 is 0 Å². The third kappa shape index (κ3) is 4.67. The summed E-state index contributed by atoms with van der Waals surface area (Å²) in [5.74, 6) is 2.56. The second-order valence-corrected chi connectivity index (χ2v) is 8.40. The van der Waals surface area contributed by atoms with Crippen LogP contribution < -0.4 is 10.1 Å². The SMILES string of the molecule is O=C(Nc1ccc(-c2nnc3n2CCCCC3)cc1)c1ccc(OC[C@H]2CCCO2)cc1. The van der Waals surface area contributed by atoms with Crippen molar-refractivity contribution in [2.75, 3.05) is 18.5 Å². The maximum atomic E-state index is 12.6. The van der Waals surface area contributed by atoms with Gasteiger partial charge in [0.05, 0.1) is 6.10 Å². The predicted molar refractivity (Wildman–Crippen MR) is 122 cm³/mol. The number of anilines is 1. The van der Waals surface area contributed by atoms with Gasteiger partial charge in [0.1, 0.15) is 18.2 Å². The first-order valence-corrected chi connectivity index (χ1v) is 11.4. The molecular weight excluding hydrogens is 404 g/mol. The van der Waals surface area contributed by atoms with E-state index >= 15 is 0 Å². The van der Waals surface area contributed by atoms with Crippen molar-refractivity contribution in [3.8, 4) is 17.1 Å². The van der Waals surface area contributed by atoms with Gasteiger partial charge in [0, 0.05) is 36.4 Å². The Morgan fingerprint density at radius 3 is 2.66 bits per heavy atom. The quantitative estimate of drug-likeness (QED) is 0.621. The Morgan fingerprint density at radius 2 is 1.88 bits per heavy atom. The molecule has 3 aromatic rings. The minimum Gasteiger partial charge on any atom is -0.491 e.